The van der Waals surface area contributed by atoms with Crippen LogP contribution >= 0.6 is 11.6 Å². The fourth-order valence-electron chi connectivity index (χ4n) is 9.16. The molecule has 4 saturated carbocycles. The maximum atomic E-state index is 7.31. The Morgan fingerprint density at radius 2 is 1.06 bits per heavy atom. The Hall–Kier alpha value is 0.290. The van der Waals surface area contributed by atoms with Gasteiger partial charge in [-0.3, -0.25) is 0 Å². The molecule has 0 radical (unpaired) electrons. The molecule has 0 heterocycles. The Morgan fingerprint density at radius 3 is 1.70 bits per heavy atom. The van der Waals surface area contributed by atoms with Gasteiger partial charge in [0.2, 0.25) is 0 Å². The third-order valence-electron chi connectivity index (χ3n) is 11.5. The minimum atomic E-state index is 0.451. The molecular weight excluding hydrogens is 420 g/mol. The topological polar surface area (TPSA) is 0 Å². The van der Waals surface area contributed by atoms with E-state index < -0.39 is 0 Å². The zero-order chi connectivity index (χ0) is 23.2. The normalized spacial score (nSPS) is 45.1. The summed E-state index contributed by atoms with van der Waals surface area (Å²) in [6.07, 6.45) is 28.3. The molecule has 0 spiro atoms. The lowest BCUT2D eigenvalue weighted by molar-refractivity contribution is 0.0579. The number of rotatable bonds is 8. The molecule has 4 fully saturated rings. The van der Waals surface area contributed by atoms with Crippen LogP contribution < -0.4 is 0 Å². The van der Waals surface area contributed by atoms with Crippen LogP contribution in [0.2, 0.25) is 0 Å². The number of halogens is 1. The molecule has 0 N–H and O–H groups in total. The van der Waals surface area contributed by atoms with Crippen molar-refractivity contribution in [2.45, 2.75) is 148 Å². The molecule has 0 amide bonds. The maximum Gasteiger partial charge on any atom is 0.0395 e. The molecular formula is C32H57Cl. The van der Waals surface area contributed by atoms with Crippen LogP contribution in [0.4, 0.5) is 0 Å². The summed E-state index contributed by atoms with van der Waals surface area (Å²) < 4.78 is 0. The van der Waals surface area contributed by atoms with Gasteiger partial charge in [-0.05, 0) is 117 Å². The predicted molar refractivity (Wildman–Crippen MR) is 146 cm³/mol. The number of hydrogen-bond acceptors (Lipinski definition) is 0. The second kappa shape index (κ2) is 13.0. The van der Waals surface area contributed by atoms with Crippen molar-refractivity contribution in [2.24, 2.45) is 53.3 Å². The van der Waals surface area contributed by atoms with Crippen molar-refractivity contribution in [3.63, 3.8) is 0 Å². The fraction of sp³-hybridized carbons (Fsp3) is 1.00. The van der Waals surface area contributed by atoms with Crippen LogP contribution in [0, 0.1) is 53.3 Å². The Kier molecular flexibility index (Phi) is 10.4. The van der Waals surface area contributed by atoms with Crippen molar-refractivity contribution in [1.29, 1.82) is 0 Å². The van der Waals surface area contributed by atoms with Crippen LogP contribution in [0.25, 0.3) is 0 Å². The second-order valence-corrected chi connectivity index (χ2v) is 14.0. The Morgan fingerprint density at radius 1 is 0.545 bits per heavy atom. The first-order valence-electron chi connectivity index (χ1n) is 15.7. The summed E-state index contributed by atoms with van der Waals surface area (Å²) in [6, 6.07) is 0. The SMILES string of the molecule is CCCCCCC1CCC(C2CCC(C3CCC(C4CCC(C)CC4)CC3)C(Cl)C2C)CC1. The molecule has 0 aromatic rings. The Balaban J connectivity index is 1.19. The molecule has 4 aliphatic carbocycles. The van der Waals surface area contributed by atoms with E-state index >= 15 is 0 Å². The lowest BCUT2D eigenvalue weighted by Gasteiger charge is -2.48. The van der Waals surface area contributed by atoms with Gasteiger partial charge in [0.1, 0.15) is 0 Å². The summed E-state index contributed by atoms with van der Waals surface area (Å²) in [6.45, 7) is 7.33. The van der Waals surface area contributed by atoms with Crippen molar-refractivity contribution in [1.82, 2.24) is 0 Å². The van der Waals surface area contributed by atoms with Crippen molar-refractivity contribution in [2.75, 3.05) is 0 Å². The first kappa shape index (κ1) is 26.4. The monoisotopic (exact) mass is 476 g/mol. The average Bonchev–Trinajstić information content (AvgIpc) is 2.85. The van der Waals surface area contributed by atoms with E-state index in [9.17, 15) is 0 Å². The van der Waals surface area contributed by atoms with E-state index in [0.29, 0.717) is 5.38 Å². The van der Waals surface area contributed by atoms with Gasteiger partial charge in [0, 0.05) is 5.38 Å². The molecule has 33 heavy (non-hydrogen) atoms. The lowest BCUT2D eigenvalue weighted by atomic mass is 9.60. The molecule has 0 aromatic heterocycles. The third kappa shape index (κ3) is 6.95. The van der Waals surface area contributed by atoms with Crippen molar-refractivity contribution in [3.05, 3.63) is 0 Å². The van der Waals surface area contributed by atoms with Gasteiger partial charge in [-0.25, -0.2) is 0 Å². The van der Waals surface area contributed by atoms with Crippen molar-refractivity contribution in [3.8, 4) is 0 Å². The van der Waals surface area contributed by atoms with Crippen LogP contribution in [-0.4, -0.2) is 5.38 Å². The summed E-state index contributed by atoms with van der Waals surface area (Å²) >= 11 is 7.31. The van der Waals surface area contributed by atoms with Gasteiger partial charge in [0.05, 0.1) is 0 Å². The smallest absolute Gasteiger partial charge is 0.0395 e. The highest BCUT2D eigenvalue weighted by Crippen LogP contribution is 2.51. The molecule has 0 aromatic carbocycles. The van der Waals surface area contributed by atoms with E-state index in [1.165, 1.54) is 122 Å². The molecule has 4 atom stereocenters. The van der Waals surface area contributed by atoms with E-state index in [2.05, 4.69) is 20.8 Å². The molecule has 0 bridgehead atoms. The summed E-state index contributed by atoms with van der Waals surface area (Å²) in [4.78, 5) is 0. The largest absolute Gasteiger partial charge is 0.122 e. The molecule has 4 aliphatic rings. The summed E-state index contributed by atoms with van der Waals surface area (Å²) in [5, 5.41) is 0.451. The first-order chi connectivity index (χ1) is 16.1. The van der Waals surface area contributed by atoms with Gasteiger partial charge < -0.3 is 0 Å². The number of hydrogen-bond donors (Lipinski definition) is 0. The van der Waals surface area contributed by atoms with Crippen molar-refractivity contribution < 1.29 is 0 Å². The molecule has 0 nitrogen and oxygen atoms in total. The summed E-state index contributed by atoms with van der Waals surface area (Å²) in [7, 11) is 0. The van der Waals surface area contributed by atoms with Gasteiger partial charge in [0.25, 0.3) is 0 Å². The highest BCUT2D eigenvalue weighted by Gasteiger charge is 2.43. The van der Waals surface area contributed by atoms with Gasteiger partial charge in [-0.15, -0.1) is 11.6 Å². The van der Waals surface area contributed by atoms with Crippen LogP contribution in [0.15, 0.2) is 0 Å². The van der Waals surface area contributed by atoms with Gasteiger partial charge in [0.15, 0.2) is 0 Å². The van der Waals surface area contributed by atoms with Gasteiger partial charge in [-0.1, -0.05) is 78.6 Å². The minimum Gasteiger partial charge on any atom is -0.122 e. The Labute approximate surface area is 212 Å². The first-order valence-corrected chi connectivity index (χ1v) is 16.1. The molecule has 1 heteroatoms. The number of unbranched alkanes of at least 4 members (excludes halogenated alkanes) is 3. The van der Waals surface area contributed by atoms with Gasteiger partial charge >= 0.3 is 0 Å². The maximum absolute atomic E-state index is 7.31. The highest BCUT2D eigenvalue weighted by atomic mass is 35.5. The van der Waals surface area contributed by atoms with E-state index in [-0.39, 0.29) is 0 Å². The second-order valence-electron chi connectivity index (χ2n) is 13.5. The summed E-state index contributed by atoms with van der Waals surface area (Å²) in [5.74, 6) is 8.55. The van der Waals surface area contributed by atoms with E-state index in [4.69, 9.17) is 11.6 Å². The zero-order valence-electron chi connectivity index (χ0n) is 22.6. The van der Waals surface area contributed by atoms with Crippen LogP contribution in [0.5, 0.6) is 0 Å². The highest BCUT2D eigenvalue weighted by molar-refractivity contribution is 6.21. The predicted octanol–water partition coefficient (Wildman–Crippen LogP) is 10.7. The quantitative estimate of drug-likeness (QED) is 0.241. The molecule has 0 saturated heterocycles. The molecule has 192 valence electrons. The molecule has 4 unspecified atom stereocenters. The van der Waals surface area contributed by atoms with E-state index in [0.717, 1.165) is 53.3 Å². The lowest BCUT2D eigenvalue weighted by Crippen LogP contribution is -2.42. The Bertz CT molecular complexity index is 533. The third-order valence-corrected chi connectivity index (χ3v) is 12.3. The molecule has 0 aliphatic heterocycles. The van der Waals surface area contributed by atoms with Crippen LogP contribution in [-0.2, 0) is 0 Å². The standard InChI is InChI=1S/C32H57Cl/c1-4-5-6-7-8-25-11-15-28(16-12-25)30-21-22-31(32(33)24(30)3)29-19-17-27(18-20-29)26-13-9-23(2)10-14-26/h23-32H,4-22H2,1-3H3. The fourth-order valence-corrected chi connectivity index (χ4v) is 9.68. The van der Waals surface area contributed by atoms with Crippen molar-refractivity contribution >= 4 is 11.6 Å². The van der Waals surface area contributed by atoms with E-state index in [1.54, 1.807) is 0 Å². The zero-order valence-corrected chi connectivity index (χ0v) is 23.3. The van der Waals surface area contributed by atoms with E-state index in [1.807, 2.05) is 0 Å². The van der Waals surface area contributed by atoms with Gasteiger partial charge in [-0.2, -0.15) is 0 Å². The average molecular weight is 477 g/mol. The molecule has 4 rings (SSSR count). The minimum absolute atomic E-state index is 0.451. The van der Waals surface area contributed by atoms with Crippen LogP contribution in [0.1, 0.15) is 143 Å². The number of alkyl halides is 1. The summed E-state index contributed by atoms with van der Waals surface area (Å²) in [5.41, 5.74) is 0. The van der Waals surface area contributed by atoms with Crippen LogP contribution in [0.3, 0.4) is 0 Å².